The van der Waals surface area contributed by atoms with Gasteiger partial charge in [0.05, 0.1) is 32.0 Å². The van der Waals surface area contributed by atoms with Crippen molar-refractivity contribution < 1.29 is 33.2 Å². The minimum atomic E-state index is -4.21. The van der Waals surface area contributed by atoms with Gasteiger partial charge in [-0.05, 0) is 0 Å². The van der Waals surface area contributed by atoms with Gasteiger partial charge in [-0.3, -0.25) is 23.5 Å². The van der Waals surface area contributed by atoms with Crippen LogP contribution < -0.4 is 17.0 Å². The van der Waals surface area contributed by atoms with E-state index in [1.165, 1.54) is 17.2 Å². The fourth-order valence-electron chi connectivity index (χ4n) is 4.94. The maximum atomic E-state index is 15.5. The monoisotopic (exact) mass is 598 g/mol. The molecule has 2 saturated heterocycles. The van der Waals surface area contributed by atoms with Crippen molar-refractivity contribution in [1.82, 2.24) is 39.0 Å². The van der Waals surface area contributed by atoms with Crippen molar-refractivity contribution in [2.75, 3.05) is 24.7 Å². The second-order valence-corrected chi connectivity index (χ2v) is 13.0. The molecule has 2 aliphatic rings. The molecule has 0 bridgehead atoms. The smallest absolute Gasteiger partial charge is 0.280 e. The van der Waals surface area contributed by atoms with Gasteiger partial charge in [0.2, 0.25) is 5.95 Å². The zero-order valence-electron chi connectivity index (χ0n) is 20.4. The van der Waals surface area contributed by atoms with Crippen molar-refractivity contribution in [2.45, 2.75) is 49.0 Å². The number of alkyl halides is 1. The molecule has 0 unspecified atom stereocenters. The summed E-state index contributed by atoms with van der Waals surface area (Å²) in [7, 11) is 0. The third kappa shape index (κ3) is 4.43. The molecule has 40 heavy (non-hydrogen) atoms. The SMILES string of the molecule is Nc1nc2c(ncn2[C@@H]2O[C@H](CO)[C@@H](F)[C@H]2[P@](=O)(S)OC[C@H]2O[C@@H](n3cnc4c(N)ncnc43)C[C@@H]2O)c(=O)[nH]1. The van der Waals surface area contributed by atoms with Crippen molar-refractivity contribution in [1.29, 1.82) is 0 Å². The first-order valence-corrected chi connectivity index (χ1v) is 14.8. The number of aromatic nitrogens is 8. The molecule has 0 spiro atoms. The van der Waals surface area contributed by atoms with E-state index in [1.807, 2.05) is 0 Å². The maximum absolute atomic E-state index is 15.5. The molecule has 0 aromatic carbocycles. The molecule has 2 fully saturated rings. The number of hydrogen-bond acceptors (Lipinski definition) is 14. The lowest BCUT2D eigenvalue weighted by atomic mass is 10.2. The molecule has 0 radical (unpaired) electrons. The van der Waals surface area contributed by atoms with Crippen molar-refractivity contribution in [2.24, 2.45) is 0 Å². The minimum absolute atomic E-state index is 0.0511. The summed E-state index contributed by atoms with van der Waals surface area (Å²) < 4.78 is 49.2. The molecule has 4 aromatic rings. The number of halogens is 1. The highest BCUT2D eigenvalue weighted by atomic mass is 32.7. The van der Waals surface area contributed by atoms with Gasteiger partial charge in [0.25, 0.3) is 12.1 Å². The standard InChI is InChI=1S/C20H24FN10O7PS/c21-11-8(2-32)38-19(31-6-27-13-17(31)28-20(23)29-18(13)34)14(11)39(35,40)36-3-9-7(33)1-10(37-9)30-5-26-12-15(22)24-4-25-16(12)30/h4-11,14,19,32-33H,1-3H2,(H,35,40)(H2,22,24,25)(H3,23,28,29,34)/t7-,8+,9+,10+,11+,14+,19+,39+/m0/s1. The average molecular weight is 599 g/mol. The van der Waals surface area contributed by atoms with Gasteiger partial charge in [-0.1, -0.05) is 12.2 Å². The molecule has 6 heterocycles. The predicted octanol–water partition coefficient (Wildman–Crippen LogP) is -0.492. The molecule has 0 aliphatic carbocycles. The topological polar surface area (TPSA) is 244 Å². The number of aliphatic hydroxyl groups is 2. The van der Waals surface area contributed by atoms with Crippen molar-refractivity contribution in [3.63, 3.8) is 0 Å². The average Bonchev–Trinajstić information content (AvgIpc) is 3.67. The Kier molecular flexibility index (Phi) is 6.76. The van der Waals surface area contributed by atoms with E-state index < -0.39 is 67.9 Å². The third-order valence-electron chi connectivity index (χ3n) is 6.89. The molecule has 214 valence electrons. The van der Waals surface area contributed by atoms with Crippen molar-refractivity contribution in [3.8, 4) is 0 Å². The van der Waals surface area contributed by atoms with E-state index in [0.717, 1.165) is 6.33 Å². The van der Waals surface area contributed by atoms with Crippen LogP contribution in [0.25, 0.3) is 22.3 Å². The maximum Gasteiger partial charge on any atom is 0.280 e. The van der Waals surface area contributed by atoms with E-state index in [4.69, 9.17) is 25.5 Å². The van der Waals surface area contributed by atoms with Crippen LogP contribution in [0.5, 0.6) is 0 Å². The third-order valence-corrected chi connectivity index (χ3v) is 9.85. The second-order valence-electron chi connectivity index (χ2n) is 9.33. The Morgan fingerprint density at radius 3 is 2.67 bits per heavy atom. The summed E-state index contributed by atoms with van der Waals surface area (Å²) in [5.74, 6) is -0.0435. The molecule has 0 amide bonds. The fraction of sp³-hybridized carbons (Fsp3) is 0.500. The van der Waals surface area contributed by atoms with Gasteiger partial charge in [-0.25, -0.2) is 24.3 Å². The van der Waals surface area contributed by atoms with Gasteiger partial charge < -0.3 is 35.7 Å². The first-order chi connectivity index (χ1) is 19.1. The molecular weight excluding hydrogens is 574 g/mol. The molecule has 2 aliphatic heterocycles. The van der Waals surface area contributed by atoms with Crippen LogP contribution in [0.2, 0.25) is 0 Å². The zero-order chi connectivity index (χ0) is 28.3. The number of anilines is 2. The lowest BCUT2D eigenvalue weighted by molar-refractivity contribution is -0.0389. The van der Waals surface area contributed by atoms with Gasteiger partial charge in [-0.15, -0.1) is 0 Å². The zero-order valence-corrected chi connectivity index (χ0v) is 22.2. The van der Waals surface area contributed by atoms with E-state index in [1.54, 1.807) is 4.57 Å². The van der Waals surface area contributed by atoms with Crippen molar-refractivity contribution in [3.05, 3.63) is 29.3 Å². The van der Waals surface area contributed by atoms with Gasteiger partial charge in [0, 0.05) is 6.42 Å². The number of imidazole rings is 2. The number of nitrogens with one attached hydrogen (secondary N) is 1. The molecule has 7 N–H and O–H groups in total. The Hall–Kier alpha value is -3.19. The summed E-state index contributed by atoms with van der Waals surface area (Å²) in [5, 5.41) is 20.3. The molecule has 20 heteroatoms. The highest BCUT2D eigenvalue weighted by Gasteiger charge is 2.55. The number of nitrogen functional groups attached to an aromatic ring is 2. The van der Waals surface area contributed by atoms with Crippen LogP contribution in [-0.4, -0.2) is 92.6 Å². The van der Waals surface area contributed by atoms with Crippen molar-refractivity contribution >= 4 is 52.9 Å². The molecule has 8 atom stereocenters. The predicted molar refractivity (Wildman–Crippen MR) is 139 cm³/mol. The quantitative estimate of drug-likeness (QED) is 0.116. The number of ether oxygens (including phenoxy) is 2. The first kappa shape index (κ1) is 27.0. The highest BCUT2D eigenvalue weighted by Crippen LogP contribution is 2.64. The number of hydrogen-bond donors (Lipinski definition) is 6. The van der Waals surface area contributed by atoms with Crippen LogP contribution in [0.3, 0.4) is 0 Å². The summed E-state index contributed by atoms with van der Waals surface area (Å²) in [6, 6.07) is 0. The summed E-state index contributed by atoms with van der Waals surface area (Å²) >= 11 is 4.19. The van der Waals surface area contributed by atoms with E-state index >= 15 is 4.39 Å². The molecule has 6 rings (SSSR count). The number of fused-ring (bicyclic) bond motifs is 2. The normalized spacial score (nSPS) is 30.4. The van der Waals surface area contributed by atoms with E-state index in [-0.39, 0.29) is 29.4 Å². The summed E-state index contributed by atoms with van der Waals surface area (Å²) in [6.07, 6.45) is -3.46. The van der Waals surface area contributed by atoms with Crippen LogP contribution >= 0.6 is 18.8 Å². The van der Waals surface area contributed by atoms with E-state index in [9.17, 15) is 19.6 Å². The number of nitrogens with zero attached hydrogens (tertiary/aromatic N) is 7. The Morgan fingerprint density at radius 1 is 1.15 bits per heavy atom. The molecule has 4 aromatic heterocycles. The Labute approximate surface area is 228 Å². The summed E-state index contributed by atoms with van der Waals surface area (Å²) in [6.45, 7) is -5.36. The van der Waals surface area contributed by atoms with Gasteiger partial charge in [-0.2, -0.15) is 4.98 Å². The van der Waals surface area contributed by atoms with Gasteiger partial charge in [0.15, 0.2) is 28.9 Å². The van der Waals surface area contributed by atoms with Gasteiger partial charge >= 0.3 is 0 Å². The Balaban J connectivity index is 1.23. The van der Waals surface area contributed by atoms with Gasteiger partial charge in [0.1, 0.15) is 42.1 Å². The largest absolute Gasteiger partial charge is 0.394 e. The van der Waals surface area contributed by atoms with Crippen LogP contribution in [0.15, 0.2) is 23.8 Å². The summed E-state index contributed by atoms with van der Waals surface area (Å²) in [5.41, 5.74) is 9.89. The number of thiol groups is 1. The number of rotatable bonds is 7. The van der Waals surface area contributed by atoms with E-state index in [0.29, 0.717) is 11.2 Å². The Bertz CT molecular complexity index is 1680. The van der Waals surface area contributed by atoms with E-state index in [2.05, 4.69) is 42.2 Å². The number of H-pyrrole nitrogens is 1. The minimum Gasteiger partial charge on any atom is -0.394 e. The van der Waals surface area contributed by atoms with Crippen LogP contribution in [-0.2, 0) is 18.6 Å². The summed E-state index contributed by atoms with van der Waals surface area (Å²) in [4.78, 5) is 34.8. The second kappa shape index (κ2) is 10.0. The molecule has 17 nitrogen and oxygen atoms in total. The highest BCUT2D eigenvalue weighted by molar-refractivity contribution is 8.46. The van der Waals surface area contributed by atoms with Crippen LogP contribution in [0, 0.1) is 0 Å². The number of nitrogens with two attached hydrogens (primary N) is 2. The first-order valence-electron chi connectivity index (χ1n) is 11.9. The number of aromatic amines is 1. The van der Waals surface area contributed by atoms with Crippen LogP contribution in [0.1, 0.15) is 18.9 Å². The fourth-order valence-corrected chi connectivity index (χ4v) is 7.48. The molecular formula is C20H24FN10O7PS. The number of aliphatic hydroxyl groups excluding tert-OH is 2. The lowest BCUT2D eigenvalue weighted by Crippen LogP contribution is -2.31. The lowest BCUT2D eigenvalue weighted by Gasteiger charge is -2.27. The van der Waals surface area contributed by atoms with Crippen LogP contribution in [0.4, 0.5) is 16.2 Å². The Morgan fingerprint density at radius 2 is 1.90 bits per heavy atom. The molecule has 0 saturated carbocycles.